The number of nitrogens with zero attached hydrogens (tertiary/aromatic N) is 2. The molecule has 26 heavy (non-hydrogen) atoms. The van der Waals surface area contributed by atoms with Crippen LogP contribution in [-0.4, -0.2) is 41.4 Å². The minimum Gasteiger partial charge on any atom is -0.342 e. The number of rotatable bonds is 1. The van der Waals surface area contributed by atoms with Gasteiger partial charge in [-0.1, -0.05) is 41.9 Å². The van der Waals surface area contributed by atoms with Crippen LogP contribution in [0.2, 0.25) is 5.02 Å². The van der Waals surface area contributed by atoms with E-state index in [0.29, 0.717) is 16.4 Å². The van der Waals surface area contributed by atoms with Crippen molar-refractivity contribution in [1.82, 2.24) is 10.2 Å². The van der Waals surface area contributed by atoms with Crippen molar-refractivity contribution < 1.29 is 9.59 Å². The lowest BCUT2D eigenvalue weighted by Gasteiger charge is -2.38. The van der Waals surface area contributed by atoms with Gasteiger partial charge in [0.05, 0.1) is 5.71 Å². The number of likely N-dealkylation sites (N-methyl/N-ethyl adjacent to an activating group) is 1. The van der Waals surface area contributed by atoms with Crippen molar-refractivity contribution in [2.45, 2.75) is 12.0 Å². The first kappa shape index (κ1) is 16.6. The van der Waals surface area contributed by atoms with E-state index in [9.17, 15) is 9.59 Å². The number of aliphatic imine (C=N–C) groups is 1. The number of carbonyl (C=O) groups excluding carboxylic acids is 2. The molecular weight excluding hydrogens is 354 g/mol. The fraction of sp³-hybridized carbons (Fsp3) is 0.167. The second kappa shape index (κ2) is 5.82. The standard InChI is InChI=1S/C18H16ClN5O2/c1-24-16(26)15(25)23-18(24)17(20)21-14(10-5-3-2-4-6-10)12-9-11(19)7-8-13(12)22-18/h2-9,17,22H,20H2,1H3,(H,23,25). The number of benzene rings is 2. The van der Waals surface area contributed by atoms with Gasteiger partial charge in [0.2, 0.25) is 5.79 Å². The SMILES string of the molecule is CN1C(=O)C(=O)NC12Nc1ccc(Cl)cc1C(c1ccccc1)=NC2N. The molecule has 0 bridgehead atoms. The predicted octanol–water partition coefficient (Wildman–Crippen LogP) is 1.13. The fourth-order valence-electron chi connectivity index (χ4n) is 3.24. The molecule has 1 spiro atoms. The van der Waals surface area contributed by atoms with Gasteiger partial charge < -0.3 is 16.4 Å². The average molecular weight is 370 g/mol. The van der Waals surface area contributed by atoms with Crippen LogP contribution in [0.15, 0.2) is 53.5 Å². The summed E-state index contributed by atoms with van der Waals surface area (Å²) >= 11 is 6.20. The first-order valence-corrected chi connectivity index (χ1v) is 8.37. The van der Waals surface area contributed by atoms with Crippen LogP contribution in [0, 0.1) is 0 Å². The van der Waals surface area contributed by atoms with Crippen LogP contribution in [0.5, 0.6) is 0 Å². The molecule has 4 rings (SSSR count). The largest absolute Gasteiger partial charge is 0.342 e. The van der Waals surface area contributed by atoms with E-state index >= 15 is 0 Å². The quantitative estimate of drug-likeness (QED) is 0.656. The maximum atomic E-state index is 12.1. The predicted molar refractivity (Wildman–Crippen MR) is 98.8 cm³/mol. The lowest BCUT2D eigenvalue weighted by Crippen LogP contribution is -2.67. The zero-order valence-electron chi connectivity index (χ0n) is 13.9. The van der Waals surface area contributed by atoms with E-state index in [-0.39, 0.29) is 0 Å². The van der Waals surface area contributed by atoms with Gasteiger partial charge in [-0.3, -0.25) is 19.5 Å². The monoisotopic (exact) mass is 369 g/mol. The van der Waals surface area contributed by atoms with Crippen LogP contribution in [0.25, 0.3) is 0 Å². The van der Waals surface area contributed by atoms with Crippen molar-refractivity contribution in [2.24, 2.45) is 10.7 Å². The normalized spacial score (nSPS) is 24.7. The third kappa shape index (κ3) is 2.36. The van der Waals surface area contributed by atoms with Crippen molar-refractivity contribution in [1.29, 1.82) is 0 Å². The highest BCUT2D eigenvalue weighted by atomic mass is 35.5. The Morgan fingerprint density at radius 1 is 1.15 bits per heavy atom. The Morgan fingerprint density at radius 2 is 1.88 bits per heavy atom. The number of nitrogens with two attached hydrogens (primary N) is 1. The lowest BCUT2D eigenvalue weighted by molar-refractivity contribution is -0.140. The molecule has 2 amide bonds. The Kier molecular flexibility index (Phi) is 3.71. The summed E-state index contributed by atoms with van der Waals surface area (Å²) in [5.41, 5.74) is 9.21. The van der Waals surface area contributed by atoms with Gasteiger partial charge in [0, 0.05) is 28.9 Å². The van der Waals surface area contributed by atoms with Crippen LogP contribution in [0.4, 0.5) is 5.69 Å². The smallest absolute Gasteiger partial charge is 0.315 e. The van der Waals surface area contributed by atoms with Crippen LogP contribution >= 0.6 is 11.6 Å². The van der Waals surface area contributed by atoms with E-state index in [2.05, 4.69) is 15.6 Å². The van der Waals surface area contributed by atoms with E-state index in [1.807, 2.05) is 30.3 Å². The Labute approximate surface area is 154 Å². The number of nitrogens with one attached hydrogen (secondary N) is 2. The van der Waals surface area contributed by atoms with Gasteiger partial charge in [-0.05, 0) is 18.2 Å². The van der Waals surface area contributed by atoms with E-state index < -0.39 is 23.8 Å². The zero-order chi connectivity index (χ0) is 18.5. The highest BCUT2D eigenvalue weighted by Crippen LogP contribution is 2.33. The van der Waals surface area contributed by atoms with Gasteiger partial charge in [0.25, 0.3) is 0 Å². The summed E-state index contributed by atoms with van der Waals surface area (Å²) in [5, 5.41) is 6.38. The molecule has 4 N–H and O–H groups in total. The third-order valence-electron chi connectivity index (χ3n) is 4.64. The summed E-state index contributed by atoms with van der Waals surface area (Å²) in [4.78, 5) is 30.0. The molecule has 7 nitrogen and oxygen atoms in total. The summed E-state index contributed by atoms with van der Waals surface area (Å²) in [5.74, 6) is -2.76. The number of fused-ring (bicyclic) bond motifs is 1. The van der Waals surface area contributed by atoms with Crippen molar-refractivity contribution in [3.8, 4) is 0 Å². The van der Waals surface area contributed by atoms with Gasteiger partial charge in [0.15, 0.2) is 6.17 Å². The maximum absolute atomic E-state index is 12.1. The summed E-state index contributed by atoms with van der Waals surface area (Å²) in [6.45, 7) is 0. The third-order valence-corrected chi connectivity index (χ3v) is 4.87. The molecule has 2 aliphatic heterocycles. The molecule has 0 aromatic heterocycles. The number of carbonyl (C=O) groups is 2. The van der Waals surface area contributed by atoms with Gasteiger partial charge in [0.1, 0.15) is 0 Å². The molecule has 0 radical (unpaired) electrons. The van der Waals surface area contributed by atoms with Gasteiger partial charge in [-0.2, -0.15) is 0 Å². The number of hydrogen-bond donors (Lipinski definition) is 3. The van der Waals surface area contributed by atoms with Crippen LogP contribution in [-0.2, 0) is 9.59 Å². The number of halogens is 1. The van der Waals surface area contributed by atoms with Crippen LogP contribution < -0.4 is 16.4 Å². The fourth-order valence-corrected chi connectivity index (χ4v) is 3.41. The molecule has 2 heterocycles. The van der Waals surface area contributed by atoms with E-state index in [1.54, 1.807) is 18.2 Å². The molecule has 1 saturated heterocycles. The first-order valence-electron chi connectivity index (χ1n) is 7.99. The molecular formula is C18H16ClN5O2. The maximum Gasteiger partial charge on any atom is 0.315 e. The molecule has 1 fully saturated rings. The summed E-state index contributed by atoms with van der Waals surface area (Å²) in [7, 11) is 1.51. The van der Waals surface area contributed by atoms with E-state index in [4.69, 9.17) is 17.3 Å². The zero-order valence-corrected chi connectivity index (χ0v) is 14.6. The van der Waals surface area contributed by atoms with Crippen molar-refractivity contribution in [3.05, 3.63) is 64.7 Å². The van der Waals surface area contributed by atoms with E-state index in [1.165, 1.54) is 11.9 Å². The Bertz CT molecular complexity index is 946. The Hall–Kier alpha value is -2.90. The lowest BCUT2D eigenvalue weighted by atomic mass is 10.0. The van der Waals surface area contributed by atoms with Crippen molar-refractivity contribution >= 4 is 34.8 Å². The van der Waals surface area contributed by atoms with Gasteiger partial charge in [-0.15, -0.1) is 0 Å². The molecule has 132 valence electrons. The summed E-state index contributed by atoms with van der Waals surface area (Å²) < 4.78 is 0. The summed E-state index contributed by atoms with van der Waals surface area (Å²) in [6, 6.07) is 14.8. The molecule has 0 saturated carbocycles. The van der Waals surface area contributed by atoms with Crippen LogP contribution in [0.3, 0.4) is 0 Å². The first-order chi connectivity index (χ1) is 12.4. The second-order valence-electron chi connectivity index (χ2n) is 6.19. The second-order valence-corrected chi connectivity index (χ2v) is 6.62. The number of hydrogen-bond acceptors (Lipinski definition) is 5. The highest BCUT2D eigenvalue weighted by molar-refractivity contribution is 6.37. The number of anilines is 1. The molecule has 2 aliphatic rings. The molecule has 0 aliphatic carbocycles. The molecule has 2 aromatic rings. The Morgan fingerprint density at radius 3 is 2.54 bits per heavy atom. The average Bonchev–Trinajstić information content (AvgIpc) is 2.78. The molecule has 2 unspecified atom stereocenters. The minimum atomic E-state index is -1.35. The van der Waals surface area contributed by atoms with Crippen LogP contribution in [0.1, 0.15) is 11.1 Å². The molecule has 2 aromatic carbocycles. The molecule has 2 atom stereocenters. The highest BCUT2D eigenvalue weighted by Gasteiger charge is 2.54. The van der Waals surface area contributed by atoms with E-state index in [0.717, 1.165) is 11.1 Å². The molecule has 8 heteroatoms. The number of amides is 2. The van der Waals surface area contributed by atoms with Gasteiger partial charge >= 0.3 is 11.8 Å². The topological polar surface area (TPSA) is 99.8 Å². The van der Waals surface area contributed by atoms with Crippen molar-refractivity contribution in [2.75, 3.05) is 12.4 Å². The van der Waals surface area contributed by atoms with Gasteiger partial charge in [-0.25, -0.2) is 0 Å². The minimum absolute atomic E-state index is 0.540. The van der Waals surface area contributed by atoms with Crippen molar-refractivity contribution in [3.63, 3.8) is 0 Å². The Balaban J connectivity index is 1.95. The summed E-state index contributed by atoms with van der Waals surface area (Å²) in [6.07, 6.45) is -0.940.